The molecule has 1 saturated carbocycles. The van der Waals surface area contributed by atoms with Crippen molar-refractivity contribution in [3.63, 3.8) is 0 Å². The van der Waals surface area contributed by atoms with E-state index in [2.05, 4.69) is 10.0 Å². The van der Waals surface area contributed by atoms with E-state index in [-0.39, 0.29) is 29.8 Å². The zero-order valence-corrected chi connectivity index (χ0v) is 9.38. The maximum absolute atomic E-state index is 11.5. The molecular weight excluding hydrogens is 194 g/mol. The van der Waals surface area contributed by atoms with Crippen LogP contribution in [0.2, 0.25) is 0 Å². The quantitative estimate of drug-likeness (QED) is 0.304. The Labute approximate surface area is 89.4 Å². The maximum atomic E-state index is 11.5. The van der Waals surface area contributed by atoms with Crippen LogP contribution in [0.15, 0.2) is 5.11 Å². The van der Waals surface area contributed by atoms with Crippen molar-refractivity contribution in [2.24, 2.45) is 22.9 Å². The van der Waals surface area contributed by atoms with Crippen molar-refractivity contribution in [2.75, 3.05) is 7.11 Å². The normalized spacial score (nSPS) is 35.4. The molecule has 5 heteroatoms. The molecule has 1 fully saturated rings. The molecule has 0 aromatic heterocycles. The second-order valence-corrected chi connectivity index (χ2v) is 4.33. The van der Waals surface area contributed by atoms with Gasteiger partial charge in [0, 0.05) is 11.0 Å². The van der Waals surface area contributed by atoms with Crippen molar-refractivity contribution in [3.8, 4) is 0 Å². The first-order valence-electron chi connectivity index (χ1n) is 5.22. The minimum absolute atomic E-state index is 0.0194. The Morgan fingerprint density at radius 2 is 2.07 bits per heavy atom. The summed E-state index contributed by atoms with van der Waals surface area (Å²) in [5.41, 5.74) is 8.41. The number of ether oxygens (including phenoxy) is 1. The molecule has 0 aromatic rings. The van der Waals surface area contributed by atoms with Gasteiger partial charge in [0.15, 0.2) is 0 Å². The second-order valence-electron chi connectivity index (χ2n) is 4.33. The van der Waals surface area contributed by atoms with E-state index in [0.717, 1.165) is 12.8 Å². The predicted octanol–water partition coefficient (Wildman–Crippen LogP) is 2.52. The number of rotatable bonds is 2. The molecular formula is C10H17N3O2. The van der Waals surface area contributed by atoms with Crippen LogP contribution in [-0.4, -0.2) is 19.1 Å². The minimum Gasteiger partial charge on any atom is -0.469 e. The Kier molecular flexibility index (Phi) is 3.97. The van der Waals surface area contributed by atoms with Crippen LogP contribution in [0.4, 0.5) is 0 Å². The molecule has 0 bridgehead atoms. The van der Waals surface area contributed by atoms with Crippen molar-refractivity contribution in [1.29, 1.82) is 0 Å². The summed E-state index contributed by atoms with van der Waals surface area (Å²) in [6, 6.07) is 0.0194. The van der Waals surface area contributed by atoms with E-state index >= 15 is 0 Å². The van der Waals surface area contributed by atoms with Crippen LogP contribution < -0.4 is 0 Å². The lowest BCUT2D eigenvalue weighted by Crippen LogP contribution is -2.36. The zero-order valence-electron chi connectivity index (χ0n) is 9.38. The fourth-order valence-electron chi connectivity index (χ4n) is 2.27. The summed E-state index contributed by atoms with van der Waals surface area (Å²) in [5.74, 6) is 0.286. The fraction of sp³-hybridized carbons (Fsp3) is 0.900. The molecule has 0 spiro atoms. The highest BCUT2D eigenvalue weighted by Crippen LogP contribution is 2.36. The smallest absolute Gasteiger partial charge is 0.308 e. The van der Waals surface area contributed by atoms with Gasteiger partial charge in [-0.1, -0.05) is 19.0 Å². The highest BCUT2D eigenvalue weighted by atomic mass is 16.5. The standard InChI is InChI=1S/C10H17N3O2/c1-6-5-9(12-13-11)7(2)4-8(6)10(14)15-3/h6-9H,4-5H2,1-3H3/t6-,7+,8+,9+/m1/s1. The second kappa shape index (κ2) is 5.03. The molecule has 0 N–H and O–H groups in total. The number of methoxy groups -OCH3 is 1. The molecule has 84 valence electrons. The van der Waals surface area contributed by atoms with E-state index in [1.165, 1.54) is 7.11 Å². The van der Waals surface area contributed by atoms with E-state index in [1.54, 1.807) is 0 Å². The molecule has 0 radical (unpaired) electrons. The number of esters is 1. The van der Waals surface area contributed by atoms with Crippen molar-refractivity contribution < 1.29 is 9.53 Å². The third kappa shape index (κ3) is 2.63. The minimum atomic E-state index is -0.145. The Morgan fingerprint density at radius 1 is 1.40 bits per heavy atom. The summed E-state index contributed by atoms with van der Waals surface area (Å²) >= 11 is 0. The molecule has 4 atom stereocenters. The predicted molar refractivity (Wildman–Crippen MR) is 56.0 cm³/mol. The fourth-order valence-corrected chi connectivity index (χ4v) is 2.27. The van der Waals surface area contributed by atoms with Crippen LogP contribution in [-0.2, 0) is 9.53 Å². The Hall–Kier alpha value is -1.22. The topological polar surface area (TPSA) is 75.1 Å². The molecule has 0 unspecified atom stereocenters. The molecule has 1 rings (SSSR count). The first-order valence-corrected chi connectivity index (χ1v) is 5.22. The van der Waals surface area contributed by atoms with E-state index in [4.69, 9.17) is 10.3 Å². The number of nitrogens with zero attached hydrogens (tertiary/aromatic N) is 3. The molecule has 0 amide bonds. The van der Waals surface area contributed by atoms with E-state index < -0.39 is 0 Å². The third-order valence-corrected chi connectivity index (χ3v) is 3.29. The van der Waals surface area contributed by atoms with Gasteiger partial charge >= 0.3 is 5.97 Å². The van der Waals surface area contributed by atoms with Crippen LogP contribution in [0, 0.1) is 17.8 Å². The number of carbonyl (C=O) groups excluding carboxylic acids is 1. The summed E-state index contributed by atoms with van der Waals surface area (Å²) in [5, 5.41) is 3.76. The SMILES string of the molecule is COC(=O)[C@H]1C[C@H](C)[C@@H](N=[N+]=[N-])C[C@H]1C. The summed E-state index contributed by atoms with van der Waals surface area (Å²) in [4.78, 5) is 14.3. The van der Waals surface area contributed by atoms with Gasteiger partial charge in [-0.25, -0.2) is 0 Å². The van der Waals surface area contributed by atoms with Gasteiger partial charge < -0.3 is 4.74 Å². The van der Waals surface area contributed by atoms with E-state index in [0.29, 0.717) is 0 Å². The first kappa shape index (κ1) is 11.9. The molecule has 1 aliphatic rings. The Bertz CT molecular complexity index is 286. The van der Waals surface area contributed by atoms with Gasteiger partial charge in [0.25, 0.3) is 0 Å². The largest absolute Gasteiger partial charge is 0.469 e. The number of carbonyl (C=O) groups is 1. The maximum Gasteiger partial charge on any atom is 0.308 e. The first-order chi connectivity index (χ1) is 7.10. The highest BCUT2D eigenvalue weighted by molar-refractivity contribution is 5.72. The van der Waals surface area contributed by atoms with Crippen LogP contribution in [0.3, 0.4) is 0 Å². The molecule has 0 aromatic carbocycles. The summed E-state index contributed by atoms with van der Waals surface area (Å²) in [6.45, 7) is 4.02. The van der Waals surface area contributed by atoms with Gasteiger partial charge in [-0.15, -0.1) is 0 Å². The number of hydrogen-bond donors (Lipinski definition) is 0. The highest BCUT2D eigenvalue weighted by Gasteiger charge is 2.36. The zero-order chi connectivity index (χ0) is 11.4. The lowest BCUT2D eigenvalue weighted by Gasteiger charge is -2.34. The summed E-state index contributed by atoms with van der Waals surface area (Å²) in [6.07, 6.45) is 1.52. The van der Waals surface area contributed by atoms with Gasteiger partial charge in [0.05, 0.1) is 13.0 Å². The lowest BCUT2D eigenvalue weighted by molar-refractivity contribution is -0.149. The lowest BCUT2D eigenvalue weighted by atomic mass is 9.73. The average molecular weight is 211 g/mol. The van der Waals surface area contributed by atoms with Crippen molar-refractivity contribution >= 4 is 5.97 Å². The van der Waals surface area contributed by atoms with Gasteiger partial charge in [0.1, 0.15) is 0 Å². The molecule has 0 saturated heterocycles. The van der Waals surface area contributed by atoms with Crippen LogP contribution >= 0.6 is 0 Å². The molecule has 5 nitrogen and oxygen atoms in total. The molecule has 15 heavy (non-hydrogen) atoms. The monoisotopic (exact) mass is 211 g/mol. The van der Waals surface area contributed by atoms with Crippen molar-refractivity contribution in [2.45, 2.75) is 32.7 Å². The van der Waals surface area contributed by atoms with Gasteiger partial charge in [-0.3, -0.25) is 4.79 Å². The van der Waals surface area contributed by atoms with Gasteiger partial charge in [-0.2, -0.15) is 0 Å². The van der Waals surface area contributed by atoms with E-state index in [9.17, 15) is 4.79 Å². The van der Waals surface area contributed by atoms with Crippen molar-refractivity contribution in [1.82, 2.24) is 0 Å². The van der Waals surface area contributed by atoms with Gasteiger partial charge in [-0.05, 0) is 30.2 Å². The average Bonchev–Trinajstić information content (AvgIpc) is 2.22. The van der Waals surface area contributed by atoms with Crippen LogP contribution in [0.1, 0.15) is 26.7 Å². The van der Waals surface area contributed by atoms with Gasteiger partial charge in [0.2, 0.25) is 0 Å². The number of hydrogen-bond acceptors (Lipinski definition) is 3. The van der Waals surface area contributed by atoms with Crippen LogP contribution in [0.5, 0.6) is 0 Å². The number of azide groups is 1. The Balaban J connectivity index is 2.70. The Morgan fingerprint density at radius 3 is 2.60 bits per heavy atom. The molecule has 0 heterocycles. The molecule has 1 aliphatic carbocycles. The van der Waals surface area contributed by atoms with E-state index in [1.807, 2.05) is 13.8 Å². The van der Waals surface area contributed by atoms with Crippen molar-refractivity contribution in [3.05, 3.63) is 10.4 Å². The van der Waals surface area contributed by atoms with Crippen LogP contribution in [0.25, 0.3) is 10.4 Å². The molecule has 0 aliphatic heterocycles. The third-order valence-electron chi connectivity index (χ3n) is 3.29. The summed E-state index contributed by atoms with van der Waals surface area (Å²) in [7, 11) is 1.42. The summed E-state index contributed by atoms with van der Waals surface area (Å²) < 4.78 is 4.76.